The Kier molecular flexibility index (Phi) is 9.37. The van der Waals surface area contributed by atoms with Gasteiger partial charge < -0.3 is 14.8 Å². The standard InChI is InChI=1S/C26H31F3N4O4/c1-4-14-33(25(35)36-3)22-16-32(31-24(22)18-6-12-21(13-7-18)37-15-5-2)17-23(34)30-20-10-8-19(9-11-20)26(27,28)29/h6-13,22H,4-5,14-17H2,1-3H3,(H,30,34). The van der Waals surface area contributed by atoms with Crippen molar-refractivity contribution in [3.63, 3.8) is 0 Å². The number of hydrazone groups is 1. The van der Waals surface area contributed by atoms with E-state index in [-0.39, 0.29) is 18.8 Å². The first kappa shape index (κ1) is 27.8. The molecule has 0 radical (unpaired) electrons. The van der Waals surface area contributed by atoms with Crippen molar-refractivity contribution < 1.29 is 32.2 Å². The molecule has 0 aromatic heterocycles. The zero-order chi connectivity index (χ0) is 27.0. The molecule has 1 aliphatic rings. The van der Waals surface area contributed by atoms with Gasteiger partial charge in [-0.15, -0.1) is 0 Å². The molecule has 1 aliphatic heterocycles. The van der Waals surface area contributed by atoms with Crippen molar-refractivity contribution in [1.29, 1.82) is 0 Å². The van der Waals surface area contributed by atoms with E-state index in [1.807, 2.05) is 38.1 Å². The van der Waals surface area contributed by atoms with Gasteiger partial charge in [-0.1, -0.05) is 13.8 Å². The Labute approximate surface area is 214 Å². The zero-order valence-corrected chi connectivity index (χ0v) is 21.0. The van der Waals surface area contributed by atoms with Gasteiger partial charge >= 0.3 is 12.3 Å². The van der Waals surface area contributed by atoms with Crippen molar-refractivity contribution in [3.8, 4) is 5.75 Å². The summed E-state index contributed by atoms with van der Waals surface area (Å²) in [4.78, 5) is 26.8. The van der Waals surface area contributed by atoms with Crippen molar-refractivity contribution >= 4 is 23.4 Å². The van der Waals surface area contributed by atoms with Crippen LogP contribution in [0.4, 0.5) is 23.7 Å². The lowest BCUT2D eigenvalue weighted by Crippen LogP contribution is -2.47. The first-order chi connectivity index (χ1) is 17.7. The molecule has 8 nitrogen and oxygen atoms in total. The number of alkyl halides is 3. The molecule has 1 unspecified atom stereocenters. The number of methoxy groups -OCH3 is 1. The predicted octanol–water partition coefficient (Wildman–Crippen LogP) is 5.00. The van der Waals surface area contributed by atoms with E-state index in [2.05, 4.69) is 10.4 Å². The quantitative estimate of drug-likeness (QED) is 0.477. The largest absolute Gasteiger partial charge is 0.494 e. The average molecular weight is 521 g/mol. The number of ether oxygens (including phenoxy) is 2. The van der Waals surface area contributed by atoms with Crippen LogP contribution < -0.4 is 10.1 Å². The highest BCUT2D eigenvalue weighted by Gasteiger charge is 2.36. The topological polar surface area (TPSA) is 83.5 Å². The number of carbonyl (C=O) groups is 2. The number of nitrogens with zero attached hydrogens (tertiary/aromatic N) is 3. The Morgan fingerprint density at radius 1 is 1.08 bits per heavy atom. The molecule has 37 heavy (non-hydrogen) atoms. The number of anilines is 1. The van der Waals surface area contributed by atoms with Gasteiger partial charge in [0.2, 0.25) is 5.91 Å². The predicted molar refractivity (Wildman–Crippen MR) is 134 cm³/mol. The molecule has 1 N–H and O–H groups in total. The average Bonchev–Trinajstić information content (AvgIpc) is 3.28. The van der Waals surface area contributed by atoms with Crippen molar-refractivity contribution in [2.75, 3.05) is 38.7 Å². The molecule has 0 spiro atoms. The summed E-state index contributed by atoms with van der Waals surface area (Å²) in [6.45, 7) is 5.08. The van der Waals surface area contributed by atoms with E-state index in [0.717, 1.165) is 24.1 Å². The van der Waals surface area contributed by atoms with Gasteiger partial charge in [-0.2, -0.15) is 18.3 Å². The van der Waals surface area contributed by atoms with Crippen LogP contribution in [-0.4, -0.2) is 67.0 Å². The van der Waals surface area contributed by atoms with Gasteiger partial charge in [-0.05, 0) is 61.4 Å². The van der Waals surface area contributed by atoms with Crippen LogP contribution in [0.25, 0.3) is 0 Å². The number of hydrogen-bond donors (Lipinski definition) is 1. The SMILES string of the molecule is CCCOc1ccc(C2=NN(CC(=O)Nc3ccc(C(F)(F)F)cc3)CC2N(CCC)C(=O)OC)cc1. The molecule has 2 aromatic carbocycles. The minimum atomic E-state index is -4.46. The Morgan fingerprint density at radius 2 is 1.76 bits per heavy atom. The fourth-order valence-corrected chi connectivity index (χ4v) is 3.93. The number of amides is 2. The molecule has 200 valence electrons. The second kappa shape index (κ2) is 12.5. The summed E-state index contributed by atoms with van der Waals surface area (Å²) in [5, 5.41) is 8.76. The van der Waals surface area contributed by atoms with Crippen molar-refractivity contribution in [1.82, 2.24) is 9.91 Å². The number of halogens is 3. The van der Waals surface area contributed by atoms with Gasteiger partial charge in [0.1, 0.15) is 12.3 Å². The van der Waals surface area contributed by atoms with Crippen LogP contribution in [0.2, 0.25) is 0 Å². The highest BCUT2D eigenvalue weighted by molar-refractivity contribution is 6.07. The summed E-state index contributed by atoms with van der Waals surface area (Å²) in [7, 11) is 1.31. The number of rotatable bonds is 10. The Hall–Kier alpha value is -3.76. The fraction of sp³-hybridized carbons (Fsp3) is 0.423. The monoisotopic (exact) mass is 520 g/mol. The third kappa shape index (κ3) is 7.37. The second-order valence-electron chi connectivity index (χ2n) is 8.51. The second-order valence-corrected chi connectivity index (χ2v) is 8.51. The van der Waals surface area contributed by atoms with Crippen molar-refractivity contribution in [2.24, 2.45) is 5.10 Å². The number of carbonyl (C=O) groups excluding carboxylic acids is 2. The first-order valence-electron chi connectivity index (χ1n) is 12.0. The van der Waals surface area contributed by atoms with Crippen LogP contribution in [0.15, 0.2) is 53.6 Å². The molecule has 1 atom stereocenters. The molecular formula is C26H31F3N4O4. The summed E-state index contributed by atoms with van der Waals surface area (Å²) >= 11 is 0. The van der Waals surface area contributed by atoms with Crippen LogP contribution in [-0.2, 0) is 15.7 Å². The molecular weight excluding hydrogens is 489 g/mol. The smallest absolute Gasteiger partial charge is 0.416 e. The number of benzene rings is 2. The summed E-state index contributed by atoms with van der Waals surface area (Å²) in [6, 6.07) is 11.1. The fourth-order valence-electron chi connectivity index (χ4n) is 3.93. The van der Waals surface area contributed by atoms with Crippen molar-refractivity contribution in [3.05, 3.63) is 59.7 Å². The molecule has 0 bridgehead atoms. The molecule has 0 fully saturated rings. The van der Waals surface area contributed by atoms with E-state index in [9.17, 15) is 22.8 Å². The normalized spacial score (nSPS) is 15.2. The summed E-state index contributed by atoms with van der Waals surface area (Å²) < 4.78 is 49.0. The van der Waals surface area contributed by atoms with Gasteiger partial charge in [0, 0.05) is 17.8 Å². The third-order valence-electron chi connectivity index (χ3n) is 5.64. The van der Waals surface area contributed by atoms with Crippen LogP contribution in [0.3, 0.4) is 0 Å². The van der Waals surface area contributed by atoms with Crippen LogP contribution >= 0.6 is 0 Å². The van der Waals surface area contributed by atoms with E-state index in [1.54, 1.807) is 4.90 Å². The maximum atomic E-state index is 12.8. The number of hydrogen-bond acceptors (Lipinski definition) is 6. The van der Waals surface area contributed by atoms with E-state index in [1.165, 1.54) is 24.3 Å². The molecule has 2 amide bonds. The number of nitrogens with one attached hydrogen (secondary N) is 1. The van der Waals surface area contributed by atoms with Gasteiger partial charge in [0.05, 0.1) is 37.6 Å². The Bertz CT molecular complexity index is 1090. The molecule has 3 rings (SSSR count). The van der Waals surface area contributed by atoms with Gasteiger partial charge in [0.25, 0.3) is 0 Å². The van der Waals surface area contributed by atoms with E-state index in [4.69, 9.17) is 9.47 Å². The lowest BCUT2D eigenvalue weighted by Gasteiger charge is -2.28. The molecule has 2 aromatic rings. The van der Waals surface area contributed by atoms with Gasteiger partial charge in [0.15, 0.2) is 0 Å². The maximum Gasteiger partial charge on any atom is 0.416 e. The van der Waals surface area contributed by atoms with Gasteiger partial charge in [-0.25, -0.2) is 4.79 Å². The Balaban J connectivity index is 1.78. The molecule has 1 heterocycles. The molecule has 0 aliphatic carbocycles. The lowest BCUT2D eigenvalue weighted by atomic mass is 10.0. The highest BCUT2D eigenvalue weighted by atomic mass is 19.4. The summed E-state index contributed by atoms with van der Waals surface area (Å²) in [5.74, 6) is 0.263. The molecule has 0 saturated heterocycles. The van der Waals surface area contributed by atoms with E-state index in [0.29, 0.717) is 31.0 Å². The van der Waals surface area contributed by atoms with Crippen LogP contribution in [0, 0.1) is 0 Å². The third-order valence-corrected chi connectivity index (χ3v) is 5.64. The summed E-state index contributed by atoms with van der Waals surface area (Å²) in [6.07, 6.45) is -3.39. The van der Waals surface area contributed by atoms with Crippen LogP contribution in [0.1, 0.15) is 37.8 Å². The summed E-state index contributed by atoms with van der Waals surface area (Å²) in [5.41, 5.74) is 0.808. The van der Waals surface area contributed by atoms with Crippen LogP contribution in [0.5, 0.6) is 5.75 Å². The van der Waals surface area contributed by atoms with E-state index < -0.39 is 29.8 Å². The highest BCUT2D eigenvalue weighted by Crippen LogP contribution is 2.30. The van der Waals surface area contributed by atoms with E-state index >= 15 is 0 Å². The van der Waals surface area contributed by atoms with Crippen molar-refractivity contribution in [2.45, 2.75) is 38.9 Å². The van der Waals surface area contributed by atoms with Gasteiger partial charge in [-0.3, -0.25) is 14.7 Å². The minimum Gasteiger partial charge on any atom is -0.494 e. The first-order valence-corrected chi connectivity index (χ1v) is 12.0. The maximum absolute atomic E-state index is 12.8. The lowest BCUT2D eigenvalue weighted by molar-refractivity contribution is -0.137. The molecule has 0 saturated carbocycles. The minimum absolute atomic E-state index is 0.153. The zero-order valence-electron chi connectivity index (χ0n) is 21.0. The Morgan fingerprint density at radius 3 is 2.32 bits per heavy atom. The molecule has 11 heteroatoms.